The SMILES string of the molecule is CCCOC(C)O.CCO. The molecule has 10 heavy (non-hydrogen) atoms. The lowest BCUT2D eigenvalue weighted by atomic mass is 10.5. The molecule has 3 nitrogen and oxygen atoms in total. The Morgan fingerprint density at radius 2 is 1.80 bits per heavy atom. The van der Waals surface area contributed by atoms with Gasteiger partial charge < -0.3 is 14.9 Å². The zero-order valence-corrected chi connectivity index (χ0v) is 7.00. The quantitative estimate of drug-likeness (QED) is 0.584. The molecule has 0 bridgehead atoms. The van der Waals surface area contributed by atoms with Crippen molar-refractivity contribution < 1.29 is 14.9 Å². The van der Waals surface area contributed by atoms with Crippen molar-refractivity contribution >= 4 is 0 Å². The minimum atomic E-state index is -0.597. The number of aliphatic hydroxyl groups is 2. The predicted octanol–water partition coefficient (Wildman–Crippen LogP) is 0.750. The van der Waals surface area contributed by atoms with Crippen molar-refractivity contribution in [3.8, 4) is 0 Å². The van der Waals surface area contributed by atoms with E-state index in [-0.39, 0.29) is 6.61 Å². The van der Waals surface area contributed by atoms with E-state index in [2.05, 4.69) is 0 Å². The summed E-state index contributed by atoms with van der Waals surface area (Å²) in [7, 11) is 0. The molecule has 2 N–H and O–H groups in total. The summed E-state index contributed by atoms with van der Waals surface area (Å²) in [5, 5.41) is 16.0. The van der Waals surface area contributed by atoms with Crippen LogP contribution in [0.25, 0.3) is 0 Å². The highest BCUT2D eigenvalue weighted by Crippen LogP contribution is 1.84. The van der Waals surface area contributed by atoms with Gasteiger partial charge in [0.15, 0.2) is 6.29 Å². The minimum absolute atomic E-state index is 0.250. The van der Waals surface area contributed by atoms with Crippen LogP contribution < -0.4 is 0 Å². The molecule has 0 aromatic heterocycles. The van der Waals surface area contributed by atoms with E-state index >= 15 is 0 Å². The van der Waals surface area contributed by atoms with Crippen LogP contribution in [-0.4, -0.2) is 29.7 Å². The summed E-state index contributed by atoms with van der Waals surface area (Å²) in [5.41, 5.74) is 0. The second-order valence-electron chi connectivity index (χ2n) is 1.79. The third-order valence-electron chi connectivity index (χ3n) is 0.563. The molecule has 0 amide bonds. The molecule has 0 saturated heterocycles. The van der Waals surface area contributed by atoms with Crippen molar-refractivity contribution in [1.29, 1.82) is 0 Å². The smallest absolute Gasteiger partial charge is 0.151 e. The Kier molecular flexibility index (Phi) is 14.6. The van der Waals surface area contributed by atoms with Crippen LogP contribution in [0.1, 0.15) is 27.2 Å². The normalized spacial score (nSPS) is 11.7. The van der Waals surface area contributed by atoms with Gasteiger partial charge in [-0.2, -0.15) is 0 Å². The van der Waals surface area contributed by atoms with Gasteiger partial charge in [-0.15, -0.1) is 0 Å². The molecule has 0 aromatic carbocycles. The first kappa shape index (κ1) is 12.5. The van der Waals surface area contributed by atoms with Gasteiger partial charge in [-0.3, -0.25) is 0 Å². The highest BCUT2D eigenvalue weighted by molar-refractivity contribution is 4.24. The second-order valence-corrected chi connectivity index (χ2v) is 1.79. The number of hydrogen-bond acceptors (Lipinski definition) is 3. The van der Waals surface area contributed by atoms with Gasteiger partial charge >= 0.3 is 0 Å². The van der Waals surface area contributed by atoms with E-state index < -0.39 is 6.29 Å². The van der Waals surface area contributed by atoms with E-state index in [1.807, 2.05) is 6.92 Å². The average molecular weight is 150 g/mol. The Bertz CT molecular complexity index is 46.1. The molecule has 0 rings (SSSR count). The molecule has 0 fully saturated rings. The van der Waals surface area contributed by atoms with Gasteiger partial charge in [0, 0.05) is 13.2 Å². The monoisotopic (exact) mass is 150 g/mol. The molecule has 1 atom stereocenters. The highest BCUT2D eigenvalue weighted by atomic mass is 16.6. The molecule has 0 radical (unpaired) electrons. The van der Waals surface area contributed by atoms with E-state index in [9.17, 15) is 0 Å². The first-order valence-corrected chi connectivity index (χ1v) is 3.59. The molecule has 0 aliphatic rings. The van der Waals surface area contributed by atoms with Crippen LogP contribution in [0, 0.1) is 0 Å². The minimum Gasteiger partial charge on any atom is -0.397 e. The molecule has 3 heteroatoms. The molecule has 0 aliphatic carbocycles. The predicted molar refractivity (Wildman–Crippen MR) is 40.7 cm³/mol. The Labute approximate surface area is 62.6 Å². The van der Waals surface area contributed by atoms with Crippen LogP contribution in [-0.2, 0) is 4.74 Å². The van der Waals surface area contributed by atoms with Crippen LogP contribution >= 0.6 is 0 Å². The maximum atomic E-state index is 8.46. The van der Waals surface area contributed by atoms with Gasteiger partial charge in [0.25, 0.3) is 0 Å². The molecular formula is C7H18O3. The lowest BCUT2D eigenvalue weighted by molar-refractivity contribution is -0.0846. The Hall–Kier alpha value is -0.120. The van der Waals surface area contributed by atoms with Gasteiger partial charge in [-0.05, 0) is 20.3 Å². The fourth-order valence-electron chi connectivity index (χ4n) is 0.288. The largest absolute Gasteiger partial charge is 0.397 e. The molecule has 0 heterocycles. The topological polar surface area (TPSA) is 49.7 Å². The second kappa shape index (κ2) is 11.6. The van der Waals surface area contributed by atoms with Crippen LogP contribution in [0.2, 0.25) is 0 Å². The van der Waals surface area contributed by atoms with Crippen molar-refractivity contribution in [2.75, 3.05) is 13.2 Å². The third kappa shape index (κ3) is 24.8. The van der Waals surface area contributed by atoms with E-state index in [0.717, 1.165) is 6.42 Å². The lowest BCUT2D eigenvalue weighted by Crippen LogP contribution is -2.05. The molecule has 0 aliphatic heterocycles. The molecule has 1 unspecified atom stereocenters. The van der Waals surface area contributed by atoms with Gasteiger partial charge in [0.2, 0.25) is 0 Å². The van der Waals surface area contributed by atoms with Crippen LogP contribution in [0.3, 0.4) is 0 Å². The highest BCUT2D eigenvalue weighted by Gasteiger charge is 1.88. The number of rotatable bonds is 3. The maximum absolute atomic E-state index is 8.46. The van der Waals surface area contributed by atoms with E-state index in [1.54, 1.807) is 13.8 Å². The average Bonchev–Trinajstić information content (AvgIpc) is 1.85. The molecular weight excluding hydrogens is 132 g/mol. The van der Waals surface area contributed by atoms with Gasteiger partial charge in [-0.25, -0.2) is 0 Å². The number of ether oxygens (including phenoxy) is 1. The van der Waals surface area contributed by atoms with E-state index in [0.29, 0.717) is 6.61 Å². The molecule has 0 aromatic rings. The summed E-state index contributed by atoms with van der Waals surface area (Å²) in [4.78, 5) is 0. The summed E-state index contributed by atoms with van der Waals surface area (Å²) in [5.74, 6) is 0. The van der Waals surface area contributed by atoms with Crippen molar-refractivity contribution in [3.05, 3.63) is 0 Å². The molecule has 0 saturated carbocycles. The first-order valence-electron chi connectivity index (χ1n) is 3.59. The van der Waals surface area contributed by atoms with Crippen LogP contribution in [0.5, 0.6) is 0 Å². The Morgan fingerprint density at radius 3 is 1.90 bits per heavy atom. The fourth-order valence-corrected chi connectivity index (χ4v) is 0.288. The Morgan fingerprint density at radius 1 is 1.40 bits per heavy atom. The summed E-state index contributed by atoms with van der Waals surface area (Å²) >= 11 is 0. The van der Waals surface area contributed by atoms with Crippen molar-refractivity contribution in [3.63, 3.8) is 0 Å². The zero-order valence-electron chi connectivity index (χ0n) is 7.00. The zero-order chi connectivity index (χ0) is 8.41. The van der Waals surface area contributed by atoms with E-state index in [4.69, 9.17) is 14.9 Å². The van der Waals surface area contributed by atoms with Gasteiger partial charge in [0.05, 0.1) is 0 Å². The molecule has 64 valence electrons. The summed E-state index contributed by atoms with van der Waals surface area (Å²) < 4.78 is 4.75. The van der Waals surface area contributed by atoms with Crippen LogP contribution in [0.4, 0.5) is 0 Å². The Balaban J connectivity index is 0. The first-order chi connectivity index (χ1) is 4.68. The van der Waals surface area contributed by atoms with Crippen molar-refractivity contribution in [2.45, 2.75) is 33.5 Å². The lowest BCUT2D eigenvalue weighted by Gasteiger charge is -2.02. The van der Waals surface area contributed by atoms with Gasteiger partial charge in [-0.1, -0.05) is 6.92 Å². The van der Waals surface area contributed by atoms with Crippen LogP contribution in [0.15, 0.2) is 0 Å². The molecule has 0 spiro atoms. The van der Waals surface area contributed by atoms with Gasteiger partial charge in [0.1, 0.15) is 0 Å². The standard InChI is InChI=1S/C5H12O2.C2H6O/c1-3-4-7-5(2)6;1-2-3/h5-6H,3-4H2,1-2H3;3H,2H2,1H3. The fraction of sp³-hybridized carbons (Fsp3) is 1.00. The number of hydrogen-bond donors (Lipinski definition) is 2. The van der Waals surface area contributed by atoms with E-state index in [1.165, 1.54) is 0 Å². The summed E-state index contributed by atoms with van der Waals surface area (Å²) in [6.07, 6.45) is 0.366. The maximum Gasteiger partial charge on any atom is 0.151 e. The third-order valence-corrected chi connectivity index (χ3v) is 0.563. The van der Waals surface area contributed by atoms with Crippen molar-refractivity contribution in [2.24, 2.45) is 0 Å². The number of aliphatic hydroxyl groups excluding tert-OH is 2. The van der Waals surface area contributed by atoms with Crippen molar-refractivity contribution in [1.82, 2.24) is 0 Å². The summed E-state index contributed by atoms with van der Waals surface area (Å²) in [6.45, 7) is 6.19. The summed E-state index contributed by atoms with van der Waals surface area (Å²) in [6, 6.07) is 0.